The van der Waals surface area contributed by atoms with Crippen LogP contribution in [0.5, 0.6) is 0 Å². The van der Waals surface area contributed by atoms with Crippen molar-refractivity contribution in [2.24, 2.45) is 5.92 Å². The number of nitrogens with one attached hydrogen (secondary N) is 1. The number of aliphatic hydroxyl groups is 1. The molecule has 19 heavy (non-hydrogen) atoms. The monoisotopic (exact) mass is 262 g/mol. The number of hydrogen-bond acceptors (Lipinski definition) is 4. The zero-order valence-electron chi connectivity index (χ0n) is 11.6. The second-order valence-corrected chi connectivity index (χ2v) is 5.16. The summed E-state index contributed by atoms with van der Waals surface area (Å²) >= 11 is 0. The molecular weight excluding hydrogens is 240 g/mol. The van der Waals surface area contributed by atoms with Crippen LogP contribution in [0.3, 0.4) is 0 Å². The van der Waals surface area contributed by atoms with Crippen molar-refractivity contribution < 1.29 is 5.11 Å². The highest BCUT2D eigenvalue weighted by molar-refractivity contribution is 5.38. The van der Waals surface area contributed by atoms with Gasteiger partial charge in [0, 0.05) is 37.2 Å². The van der Waals surface area contributed by atoms with Crippen molar-refractivity contribution in [2.75, 3.05) is 13.2 Å². The number of aryl methyl sites for hydroxylation is 1. The average molecular weight is 262 g/mol. The van der Waals surface area contributed by atoms with Crippen LogP contribution in [-0.4, -0.2) is 32.9 Å². The van der Waals surface area contributed by atoms with Crippen molar-refractivity contribution in [1.82, 2.24) is 19.9 Å². The van der Waals surface area contributed by atoms with E-state index in [9.17, 15) is 0 Å². The predicted octanol–water partition coefficient (Wildman–Crippen LogP) is 1.54. The average Bonchev–Trinajstić information content (AvgIpc) is 2.77. The summed E-state index contributed by atoms with van der Waals surface area (Å²) in [6.07, 6.45) is 6.04. The van der Waals surface area contributed by atoms with Gasteiger partial charge in [0.1, 0.15) is 0 Å². The van der Waals surface area contributed by atoms with E-state index >= 15 is 0 Å². The summed E-state index contributed by atoms with van der Waals surface area (Å²) in [4.78, 5) is 4.37. The van der Waals surface area contributed by atoms with Crippen LogP contribution in [0.1, 0.15) is 31.0 Å². The Kier molecular flexibility index (Phi) is 4.87. The molecule has 0 amide bonds. The summed E-state index contributed by atoms with van der Waals surface area (Å²) in [6, 6.07) is 1.97. The summed E-state index contributed by atoms with van der Waals surface area (Å²) < 4.78 is 1.82. The van der Waals surface area contributed by atoms with E-state index in [0.717, 1.165) is 42.8 Å². The van der Waals surface area contributed by atoms with Crippen LogP contribution in [-0.2, 0) is 6.54 Å². The summed E-state index contributed by atoms with van der Waals surface area (Å²) in [5, 5.41) is 16.7. The third kappa shape index (κ3) is 4.01. The molecule has 0 saturated carbocycles. The van der Waals surface area contributed by atoms with Gasteiger partial charge in [0.05, 0.1) is 5.69 Å². The molecule has 0 aromatic carbocycles. The lowest BCUT2D eigenvalue weighted by Crippen LogP contribution is -2.16. The molecule has 0 fully saturated rings. The zero-order chi connectivity index (χ0) is 13.7. The van der Waals surface area contributed by atoms with Gasteiger partial charge in [-0.3, -0.25) is 0 Å². The standard InChI is InChI=1S/C14H22N4O/c1-11(10-19)4-3-5-15-7-13-8-16-14-6-12(2)17-18(14)9-13/h6,8-9,11,15,19H,3-5,7,10H2,1-2H3. The summed E-state index contributed by atoms with van der Waals surface area (Å²) in [7, 11) is 0. The van der Waals surface area contributed by atoms with Crippen LogP contribution in [0, 0.1) is 12.8 Å². The highest BCUT2D eigenvalue weighted by atomic mass is 16.3. The first-order chi connectivity index (χ1) is 9.19. The van der Waals surface area contributed by atoms with Crippen LogP contribution in [0.2, 0.25) is 0 Å². The zero-order valence-corrected chi connectivity index (χ0v) is 11.6. The quantitative estimate of drug-likeness (QED) is 0.743. The first kappa shape index (κ1) is 14.0. The SMILES string of the molecule is Cc1cc2ncc(CNCCCC(C)CO)cn2n1. The lowest BCUT2D eigenvalue weighted by atomic mass is 10.1. The molecule has 2 N–H and O–H groups in total. The molecule has 0 saturated heterocycles. The topological polar surface area (TPSA) is 62.5 Å². The fourth-order valence-electron chi connectivity index (χ4n) is 2.02. The molecule has 0 aliphatic rings. The van der Waals surface area contributed by atoms with Crippen LogP contribution in [0.25, 0.3) is 5.65 Å². The molecule has 104 valence electrons. The lowest BCUT2D eigenvalue weighted by Gasteiger charge is -2.08. The number of nitrogens with zero attached hydrogens (tertiary/aromatic N) is 3. The normalized spacial score (nSPS) is 13.0. The van der Waals surface area contributed by atoms with Crippen molar-refractivity contribution in [1.29, 1.82) is 0 Å². The molecule has 5 heteroatoms. The van der Waals surface area contributed by atoms with E-state index in [4.69, 9.17) is 5.11 Å². The molecule has 2 aromatic rings. The molecule has 0 aliphatic heterocycles. The molecule has 1 unspecified atom stereocenters. The first-order valence-corrected chi connectivity index (χ1v) is 6.81. The summed E-state index contributed by atoms with van der Waals surface area (Å²) in [6.45, 7) is 6.07. The van der Waals surface area contributed by atoms with Crippen LogP contribution >= 0.6 is 0 Å². The van der Waals surface area contributed by atoms with E-state index in [2.05, 4.69) is 22.3 Å². The van der Waals surface area contributed by atoms with Gasteiger partial charge < -0.3 is 10.4 Å². The Balaban J connectivity index is 1.78. The molecule has 5 nitrogen and oxygen atoms in total. The van der Waals surface area contributed by atoms with Crippen LogP contribution in [0.4, 0.5) is 0 Å². The maximum atomic E-state index is 8.93. The Bertz CT molecular complexity index is 523. The fourth-order valence-corrected chi connectivity index (χ4v) is 2.02. The highest BCUT2D eigenvalue weighted by Gasteiger charge is 2.01. The van der Waals surface area contributed by atoms with Gasteiger partial charge in [-0.2, -0.15) is 5.10 Å². The molecule has 2 rings (SSSR count). The number of aliphatic hydroxyl groups excluding tert-OH is 1. The third-order valence-electron chi connectivity index (χ3n) is 3.18. The van der Waals surface area contributed by atoms with Gasteiger partial charge in [0.15, 0.2) is 5.65 Å². The van der Waals surface area contributed by atoms with Gasteiger partial charge in [-0.05, 0) is 32.2 Å². The molecule has 0 spiro atoms. The Labute approximate surface area is 113 Å². The molecule has 0 aliphatic carbocycles. The van der Waals surface area contributed by atoms with E-state index in [0.29, 0.717) is 5.92 Å². The van der Waals surface area contributed by atoms with Gasteiger partial charge in [0.25, 0.3) is 0 Å². The largest absolute Gasteiger partial charge is 0.396 e. The van der Waals surface area contributed by atoms with Crippen LogP contribution in [0.15, 0.2) is 18.5 Å². The second kappa shape index (κ2) is 6.63. The fraction of sp³-hybridized carbons (Fsp3) is 0.571. The maximum Gasteiger partial charge on any atom is 0.155 e. The van der Waals surface area contributed by atoms with Crippen LogP contribution < -0.4 is 5.32 Å². The van der Waals surface area contributed by atoms with Crippen molar-refractivity contribution in [2.45, 2.75) is 33.2 Å². The Morgan fingerprint density at radius 3 is 3.11 bits per heavy atom. The predicted molar refractivity (Wildman–Crippen MR) is 74.9 cm³/mol. The van der Waals surface area contributed by atoms with Crippen molar-refractivity contribution in [3.63, 3.8) is 0 Å². The van der Waals surface area contributed by atoms with Gasteiger partial charge in [-0.25, -0.2) is 9.50 Å². The molecule has 0 bridgehead atoms. The minimum atomic E-state index is 0.277. The summed E-state index contributed by atoms with van der Waals surface area (Å²) in [5.41, 5.74) is 3.00. The minimum absolute atomic E-state index is 0.277. The summed E-state index contributed by atoms with van der Waals surface area (Å²) in [5.74, 6) is 0.395. The van der Waals surface area contributed by atoms with E-state index in [1.165, 1.54) is 0 Å². The maximum absolute atomic E-state index is 8.93. The van der Waals surface area contributed by atoms with Crippen molar-refractivity contribution >= 4 is 5.65 Å². The third-order valence-corrected chi connectivity index (χ3v) is 3.18. The van der Waals surface area contributed by atoms with Gasteiger partial charge in [-0.1, -0.05) is 6.92 Å². The minimum Gasteiger partial charge on any atom is -0.396 e. The molecule has 1 atom stereocenters. The Morgan fingerprint density at radius 1 is 1.47 bits per heavy atom. The number of fused-ring (bicyclic) bond motifs is 1. The molecule has 2 heterocycles. The number of hydrogen-bond donors (Lipinski definition) is 2. The van der Waals surface area contributed by atoms with Gasteiger partial charge >= 0.3 is 0 Å². The second-order valence-electron chi connectivity index (χ2n) is 5.16. The van der Waals surface area contributed by atoms with Crippen molar-refractivity contribution in [3.05, 3.63) is 29.7 Å². The Hall–Kier alpha value is -1.46. The first-order valence-electron chi connectivity index (χ1n) is 6.81. The number of aromatic nitrogens is 3. The van der Waals surface area contributed by atoms with E-state index < -0.39 is 0 Å². The van der Waals surface area contributed by atoms with E-state index in [1.54, 1.807) is 0 Å². The van der Waals surface area contributed by atoms with E-state index in [-0.39, 0.29) is 6.61 Å². The van der Waals surface area contributed by atoms with Gasteiger partial charge in [0.2, 0.25) is 0 Å². The lowest BCUT2D eigenvalue weighted by molar-refractivity contribution is 0.228. The van der Waals surface area contributed by atoms with Crippen molar-refractivity contribution in [3.8, 4) is 0 Å². The van der Waals surface area contributed by atoms with Gasteiger partial charge in [-0.15, -0.1) is 0 Å². The highest BCUT2D eigenvalue weighted by Crippen LogP contribution is 2.05. The van der Waals surface area contributed by atoms with E-state index in [1.807, 2.05) is 29.9 Å². The molecule has 2 aromatic heterocycles. The molecule has 0 radical (unpaired) electrons. The molecular formula is C14H22N4O. The number of rotatable bonds is 7. The Morgan fingerprint density at radius 2 is 2.32 bits per heavy atom. The smallest absolute Gasteiger partial charge is 0.155 e.